The minimum absolute atomic E-state index is 0.655. The van der Waals surface area contributed by atoms with E-state index in [1.165, 1.54) is 25.7 Å². The molecule has 0 heterocycles. The molecule has 1 aliphatic rings. The van der Waals surface area contributed by atoms with Crippen molar-refractivity contribution in [3.8, 4) is 0 Å². The second-order valence-corrected chi connectivity index (χ2v) is 3.99. The maximum Gasteiger partial charge on any atom is 0.0308 e. The Bertz CT molecular complexity index is 174. The van der Waals surface area contributed by atoms with Crippen LogP contribution in [0.25, 0.3) is 0 Å². The van der Waals surface area contributed by atoms with E-state index in [-0.39, 0.29) is 0 Å². The molecule has 0 amide bonds. The smallest absolute Gasteiger partial charge is 0.0308 e. The van der Waals surface area contributed by atoms with Gasteiger partial charge in [-0.15, -0.1) is 0 Å². The van der Waals surface area contributed by atoms with Gasteiger partial charge in [0.2, 0.25) is 0 Å². The molecule has 0 bridgehead atoms. The van der Waals surface area contributed by atoms with Crippen LogP contribution in [-0.2, 0) is 0 Å². The number of hydrogen-bond acceptors (Lipinski definition) is 1. The normalized spacial score (nSPS) is 18.0. The molecule has 1 N–H and O–H groups in total. The van der Waals surface area contributed by atoms with Crippen molar-refractivity contribution < 1.29 is 0 Å². The van der Waals surface area contributed by atoms with E-state index >= 15 is 0 Å². The SMILES string of the molecule is C/C=C(\C)C(C)=N.CC1CCCC1. The van der Waals surface area contributed by atoms with Crippen molar-refractivity contribution in [1.82, 2.24) is 0 Å². The van der Waals surface area contributed by atoms with Crippen LogP contribution in [0.2, 0.25) is 0 Å². The van der Waals surface area contributed by atoms with E-state index in [0.29, 0.717) is 5.71 Å². The summed E-state index contributed by atoms with van der Waals surface area (Å²) in [6.45, 7) is 8.00. The van der Waals surface area contributed by atoms with Crippen molar-refractivity contribution in [2.45, 2.75) is 53.4 Å². The molecule has 1 rings (SSSR count). The Kier molecular flexibility index (Phi) is 6.56. The summed E-state index contributed by atoms with van der Waals surface area (Å²) in [6.07, 6.45) is 7.88. The van der Waals surface area contributed by atoms with Crippen LogP contribution in [0.3, 0.4) is 0 Å². The third-order valence-corrected chi connectivity index (χ3v) is 2.67. The number of rotatable bonds is 1. The second-order valence-electron chi connectivity index (χ2n) is 3.99. The Morgan fingerprint density at radius 1 is 1.23 bits per heavy atom. The lowest BCUT2D eigenvalue weighted by Crippen LogP contribution is -1.87. The molecule has 0 aliphatic heterocycles. The second kappa shape index (κ2) is 6.88. The summed E-state index contributed by atoms with van der Waals surface area (Å²) in [5.41, 5.74) is 1.71. The first-order chi connectivity index (χ1) is 6.07. The molecule has 0 saturated heterocycles. The highest BCUT2D eigenvalue weighted by Crippen LogP contribution is 2.22. The van der Waals surface area contributed by atoms with Gasteiger partial charge in [0.05, 0.1) is 0 Å². The highest BCUT2D eigenvalue weighted by atomic mass is 14.4. The average molecular weight is 181 g/mol. The summed E-state index contributed by atoms with van der Waals surface area (Å²) < 4.78 is 0. The molecule has 0 aromatic carbocycles. The minimum atomic E-state index is 0.655. The van der Waals surface area contributed by atoms with Gasteiger partial charge in [-0.3, -0.25) is 0 Å². The zero-order chi connectivity index (χ0) is 10.3. The first-order valence-corrected chi connectivity index (χ1v) is 5.26. The van der Waals surface area contributed by atoms with Crippen LogP contribution in [0.5, 0.6) is 0 Å². The van der Waals surface area contributed by atoms with Crippen molar-refractivity contribution in [1.29, 1.82) is 5.41 Å². The fourth-order valence-electron chi connectivity index (χ4n) is 1.35. The van der Waals surface area contributed by atoms with E-state index < -0.39 is 0 Å². The minimum Gasteiger partial charge on any atom is -0.305 e. The van der Waals surface area contributed by atoms with E-state index in [4.69, 9.17) is 5.41 Å². The van der Waals surface area contributed by atoms with E-state index in [1.54, 1.807) is 6.92 Å². The largest absolute Gasteiger partial charge is 0.305 e. The molecule has 0 aromatic rings. The van der Waals surface area contributed by atoms with Crippen LogP contribution in [0.15, 0.2) is 11.6 Å². The lowest BCUT2D eigenvalue weighted by molar-refractivity contribution is 0.612. The third-order valence-electron chi connectivity index (χ3n) is 2.67. The van der Waals surface area contributed by atoms with Gasteiger partial charge in [-0.05, 0) is 32.3 Å². The average Bonchev–Trinajstić information content (AvgIpc) is 2.55. The first kappa shape index (κ1) is 12.4. The van der Waals surface area contributed by atoms with Crippen LogP contribution >= 0.6 is 0 Å². The maximum absolute atomic E-state index is 7.03. The molecule has 13 heavy (non-hydrogen) atoms. The molecule has 0 aromatic heterocycles. The third kappa shape index (κ3) is 6.56. The molecular formula is C12H23N. The molecule has 1 aliphatic carbocycles. The highest BCUT2D eigenvalue weighted by molar-refractivity contribution is 5.94. The Balaban J connectivity index is 0.000000223. The van der Waals surface area contributed by atoms with Gasteiger partial charge in [0.25, 0.3) is 0 Å². The Morgan fingerprint density at radius 2 is 1.69 bits per heavy atom. The fourth-order valence-corrected chi connectivity index (χ4v) is 1.35. The van der Waals surface area contributed by atoms with E-state index in [2.05, 4.69) is 6.92 Å². The van der Waals surface area contributed by atoms with Gasteiger partial charge in [0.15, 0.2) is 0 Å². The molecule has 1 nitrogen and oxygen atoms in total. The van der Waals surface area contributed by atoms with Crippen LogP contribution in [0, 0.1) is 11.3 Å². The summed E-state index contributed by atoms with van der Waals surface area (Å²) >= 11 is 0. The molecule has 1 heteroatoms. The van der Waals surface area contributed by atoms with E-state index in [0.717, 1.165) is 11.5 Å². The van der Waals surface area contributed by atoms with Crippen molar-refractivity contribution in [2.24, 2.45) is 5.92 Å². The molecule has 0 unspecified atom stereocenters. The maximum atomic E-state index is 7.03. The van der Waals surface area contributed by atoms with Gasteiger partial charge >= 0.3 is 0 Å². The summed E-state index contributed by atoms with van der Waals surface area (Å²) in [6, 6.07) is 0. The zero-order valence-electron chi connectivity index (χ0n) is 9.48. The van der Waals surface area contributed by atoms with Crippen LogP contribution < -0.4 is 0 Å². The van der Waals surface area contributed by atoms with Gasteiger partial charge in [-0.1, -0.05) is 38.7 Å². The summed E-state index contributed by atoms with van der Waals surface area (Å²) in [5, 5.41) is 7.03. The van der Waals surface area contributed by atoms with E-state index in [1.807, 2.05) is 19.9 Å². The van der Waals surface area contributed by atoms with Crippen LogP contribution in [0.1, 0.15) is 53.4 Å². The summed E-state index contributed by atoms with van der Waals surface area (Å²) in [7, 11) is 0. The highest BCUT2D eigenvalue weighted by Gasteiger charge is 2.07. The predicted molar refractivity (Wildman–Crippen MR) is 60.5 cm³/mol. The van der Waals surface area contributed by atoms with Crippen LogP contribution in [0.4, 0.5) is 0 Å². The lowest BCUT2D eigenvalue weighted by atomic mass is 10.2. The lowest BCUT2D eigenvalue weighted by Gasteiger charge is -1.91. The van der Waals surface area contributed by atoms with Crippen molar-refractivity contribution in [3.63, 3.8) is 0 Å². The molecule has 76 valence electrons. The molecule has 1 saturated carbocycles. The van der Waals surface area contributed by atoms with Crippen LogP contribution in [-0.4, -0.2) is 5.71 Å². The molecule has 0 radical (unpaired) electrons. The van der Waals surface area contributed by atoms with Gasteiger partial charge in [-0.2, -0.15) is 0 Å². The van der Waals surface area contributed by atoms with Gasteiger partial charge in [0, 0.05) is 5.71 Å². The van der Waals surface area contributed by atoms with Crippen molar-refractivity contribution >= 4 is 5.71 Å². The fraction of sp³-hybridized carbons (Fsp3) is 0.750. The number of allylic oxidation sites excluding steroid dienone is 2. The van der Waals surface area contributed by atoms with E-state index in [9.17, 15) is 0 Å². The monoisotopic (exact) mass is 181 g/mol. The van der Waals surface area contributed by atoms with Gasteiger partial charge in [-0.25, -0.2) is 0 Å². The van der Waals surface area contributed by atoms with Crippen molar-refractivity contribution in [3.05, 3.63) is 11.6 Å². The predicted octanol–water partition coefficient (Wildman–Crippen LogP) is 4.19. The van der Waals surface area contributed by atoms with Gasteiger partial charge in [0.1, 0.15) is 0 Å². The molecule has 0 spiro atoms. The topological polar surface area (TPSA) is 23.9 Å². The zero-order valence-corrected chi connectivity index (χ0v) is 9.48. The molecular weight excluding hydrogens is 158 g/mol. The molecule has 1 fully saturated rings. The standard InChI is InChI=1S/C6H11N.C6H12/c1-4-5(2)6(3)7;1-6-4-2-3-5-6/h4,7H,1-3H3;6H,2-5H2,1H3/b5-4+,7-6?;. The van der Waals surface area contributed by atoms with Gasteiger partial charge < -0.3 is 5.41 Å². The summed E-state index contributed by atoms with van der Waals surface area (Å²) in [5.74, 6) is 1.05. The van der Waals surface area contributed by atoms with Crippen molar-refractivity contribution in [2.75, 3.05) is 0 Å². The number of nitrogens with one attached hydrogen (secondary N) is 1. The summed E-state index contributed by atoms with van der Waals surface area (Å²) in [4.78, 5) is 0. The Hall–Kier alpha value is -0.590. The quantitative estimate of drug-likeness (QED) is 0.586. The Labute approximate surface area is 82.7 Å². The Morgan fingerprint density at radius 3 is 1.77 bits per heavy atom. The first-order valence-electron chi connectivity index (χ1n) is 5.26. The molecule has 0 atom stereocenters. The number of hydrogen-bond donors (Lipinski definition) is 1.